The maximum absolute atomic E-state index is 12.5. The highest BCUT2D eigenvalue weighted by Crippen LogP contribution is 2.20. The molecule has 0 aromatic heterocycles. The molecular weight excluding hydrogens is 366 g/mol. The Morgan fingerprint density at radius 1 is 1.15 bits per heavy atom. The smallest absolute Gasteiger partial charge is 0.251 e. The number of carbonyl (C=O) groups is 1. The van der Waals surface area contributed by atoms with Gasteiger partial charge in [0.2, 0.25) is 0 Å². The van der Waals surface area contributed by atoms with Crippen molar-refractivity contribution in [3.8, 4) is 5.75 Å². The van der Waals surface area contributed by atoms with Crippen molar-refractivity contribution in [3.63, 3.8) is 0 Å². The Kier molecular flexibility index (Phi) is 7.38. The minimum absolute atomic E-state index is 0.0950. The van der Waals surface area contributed by atoms with Crippen LogP contribution in [0, 0.1) is 0 Å². The van der Waals surface area contributed by atoms with E-state index in [0.29, 0.717) is 12.2 Å². The zero-order chi connectivity index (χ0) is 19.9. The highest BCUT2D eigenvalue weighted by molar-refractivity contribution is 7.91. The van der Waals surface area contributed by atoms with E-state index < -0.39 is 9.84 Å². The van der Waals surface area contributed by atoms with Crippen molar-refractivity contribution in [1.82, 2.24) is 5.32 Å². The van der Waals surface area contributed by atoms with Gasteiger partial charge in [0.05, 0.1) is 29.9 Å². The molecule has 0 spiro atoms. The summed E-state index contributed by atoms with van der Waals surface area (Å²) in [6, 6.07) is 13.2. The van der Waals surface area contributed by atoms with Gasteiger partial charge in [0, 0.05) is 12.7 Å². The van der Waals surface area contributed by atoms with Crippen molar-refractivity contribution in [1.29, 1.82) is 0 Å². The molecule has 7 heteroatoms. The Morgan fingerprint density at radius 2 is 1.85 bits per heavy atom. The van der Waals surface area contributed by atoms with Gasteiger partial charge in [-0.05, 0) is 55.8 Å². The van der Waals surface area contributed by atoms with Gasteiger partial charge in [-0.2, -0.15) is 0 Å². The Bertz CT molecular complexity index is 862. The predicted octanol–water partition coefficient (Wildman–Crippen LogP) is 3.00. The van der Waals surface area contributed by atoms with Crippen molar-refractivity contribution in [2.45, 2.75) is 24.8 Å². The lowest BCUT2D eigenvalue weighted by atomic mass is 10.1. The highest BCUT2D eigenvalue weighted by atomic mass is 32.2. The fourth-order valence-corrected chi connectivity index (χ4v) is 3.70. The van der Waals surface area contributed by atoms with Crippen LogP contribution in [0.15, 0.2) is 53.4 Å². The van der Waals surface area contributed by atoms with Gasteiger partial charge in [-0.15, -0.1) is 0 Å². The zero-order valence-corrected chi connectivity index (χ0v) is 16.6. The summed E-state index contributed by atoms with van der Waals surface area (Å²) in [5, 5.41) is 2.91. The van der Waals surface area contributed by atoms with Gasteiger partial charge in [0.1, 0.15) is 5.75 Å². The second kappa shape index (κ2) is 9.53. The third-order valence-electron chi connectivity index (χ3n) is 4.05. The molecule has 0 saturated heterocycles. The van der Waals surface area contributed by atoms with Gasteiger partial charge in [-0.3, -0.25) is 4.79 Å². The summed E-state index contributed by atoms with van der Waals surface area (Å²) >= 11 is 0. The maximum Gasteiger partial charge on any atom is 0.251 e. The lowest BCUT2D eigenvalue weighted by Crippen LogP contribution is -2.26. The van der Waals surface area contributed by atoms with Gasteiger partial charge in [-0.1, -0.05) is 12.1 Å². The van der Waals surface area contributed by atoms with Gasteiger partial charge in [0.25, 0.3) is 5.91 Å². The number of benzene rings is 2. The van der Waals surface area contributed by atoms with Gasteiger partial charge in [-0.25, -0.2) is 8.42 Å². The molecule has 2 aromatic carbocycles. The predicted molar refractivity (Wildman–Crippen MR) is 104 cm³/mol. The molecule has 6 nitrogen and oxygen atoms in total. The van der Waals surface area contributed by atoms with E-state index in [1.807, 2.05) is 38.1 Å². The molecule has 1 unspecified atom stereocenters. The minimum atomic E-state index is -3.41. The second-order valence-electron chi connectivity index (χ2n) is 6.04. The lowest BCUT2D eigenvalue weighted by Gasteiger charge is -2.16. The number of hydrogen-bond acceptors (Lipinski definition) is 5. The van der Waals surface area contributed by atoms with Crippen LogP contribution in [0.1, 0.15) is 35.8 Å². The Hall–Kier alpha value is -2.38. The monoisotopic (exact) mass is 391 g/mol. The number of hydrogen-bond donors (Lipinski definition) is 1. The molecule has 0 aliphatic heterocycles. The van der Waals surface area contributed by atoms with Crippen LogP contribution in [0.4, 0.5) is 0 Å². The van der Waals surface area contributed by atoms with Crippen LogP contribution in [-0.4, -0.2) is 40.4 Å². The van der Waals surface area contributed by atoms with Gasteiger partial charge in [0.15, 0.2) is 9.84 Å². The number of amides is 1. The summed E-state index contributed by atoms with van der Waals surface area (Å²) in [6.45, 7) is 4.50. The quantitative estimate of drug-likeness (QED) is 0.711. The molecule has 1 amide bonds. The first-order chi connectivity index (χ1) is 12.9. The van der Waals surface area contributed by atoms with E-state index in [9.17, 15) is 13.2 Å². The molecule has 0 fully saturated rings. The van der Waals surface area contributed by atoms with E-state index in [-0.39, 0.29) is 29.2 Å². The molecule has 146 valence electrons. The molecule has 2 aromatic rings. The summed E-state index contributed by atoms with van der Waals surface area (Å²) < 4.78 is 34.6. The largest absolute Gasteiger partial charge is 0.494 e. The van der Waals surface area contributed by atoms with E-state index in [4.69, 9.17) is 9.47 Å². The highest BCUT2D eigenvalue weighted by Gasteiger charge is 2.16. The van der Waals surface area contributed by atoms with E-state index >= 15 is 0 Å². The summed E-state index contributed by atoms with van der Waals surface area (Å²) in [4.78, 5) is 12.6. The average molecular weight is 391 g/mol. The molecule has 27 heavy (non-hydrogen) atoms. The fourth-order valence-electron chi connectivity index (χ4n) is 2.53. The minimum Gasteiger partial charge on any atom is -0.494 e. The topological polar surface area (TPSA) is 81.7 Å². The van der Waals surface area contributed by atoms with Crippen LogP contribution >= 0.6 is 0 Å². The third-order valence-corrected chi connectivity index (χ3v) is 5.74. The molecule has 1 atom stereocenters. The molecule has 2 rings (SSSR count). The second-order valence-corrected chi connectivity index (χ2v) is 8.15. The first-order valence-corrected chi connectivity index (χ1v) is 10.4. The van der Waals surface area contributed by atoms with E-state index in [1.165, 1.54) is 31.4 Å². The van der Waals surface area contributed by atoms with E-state index in [2.05, 4.69) is 5.32 Å². The van der Waals surface area contributed by atoms with Crippen molar-refractivity contribution < 1.29 is 22.7 Å². The van der Waals surface area contributed by atoms with Crippen LogP contribution in [0.5, 0.6) is 5.75 Å². The number of methoxy groups -OCH3 is 1. The van der Waals surface area contributed by atoms with Gasteiger partial charge < -0.3 is 14.8 Å². The SMILES string of the molecule is CCOc1cccc(C(C)NC(=O)c2ccc(S(=O)(=O)CCOC)cc2)c1. The molecule has 0 bridgehead atoms. The Balaban J connectivity index is 2.06. The number of nitrogens with one attached hydrogen (secondary N) is 1. The molecule has 0 saturated carbocycles. The van der Waals surface area contributed by atoms with Crippen LogP contribution < -0.4 is 10.1 Å². The summed E-state index contributed by atoms with van der Waals surface area (Å²) in [5.41, 5.74) is 1.32. The molecule has 1 N–H and O–H groups in total. The molecule has 0 heterocycles. The molecule has 0 aliphatic rings. The average Bonchev–Trinajstić information content (AvgIpc) is 2.67. The maximum atomic E-state index is 12.5. The molecule has 0 radical (unpaired) electrons. The van der Waals surface area contributed by atoms with Crippen LogP contribution in [0.25, 0.3) is 0 Å². The molecular formula is C20H25NO5S. The summed E-state index contributed by atoms with van der Waals surface area (Å²) in [5.74, 6) is 0.384. The number of carbonyl (C=O) groups excluding carboxylic acids is 1. The molecule has 0 aliphatic carbocycles. The Labute approximate surface area is 160 Å². The van der Waals surface area contributed by atoms with E-state index in [0.717, 1.165) is 11.3 Å². The van der Waals surface area contributed by atoms with Crippen molar-refractivity contribution in [3.05, 3.63) is 59.7 Å². The fraction of sp³-hybridized carbons (Fsp3) is 0.350. The summed E-state index contributed by atoms with van der Waals surface area (Å²) in [7, 11) is -1.96. The van der Waals surface area contributed by atoms with Gasteiger partial charge >= 0.3 is 0 Å². The summed E-state index contributed by atoms with van der Waals surface area (Å²) in [6.07, 6.45) is 0. The van der Waals surface area contributed by atoms with Crippen LogP contribution in [0.3, 0.4) is 0 Å². The first kappa shape index (κ1) is 20.9. The Morgan fingerprint density at radius 3 is 2.48 bits per heavy atom. The standard InChI is InChI=1S/C20H25NO5S/c1-4-26-18-7-5-6-17(14-18)15(2)21-20(22)16-8-10-19(11-9-16)27(23,24)13-12-25-3/h5-11,14-15H,4,12-13H2,1-3H3,(H,21,22). The van der Waals surface area contributed by atoms with Crippen molar-refractivity contribution in [2.24, 2.45) is 0 Å². The first-order valence-electron chi connectivity index (χ1n) is 8.72. The number of rotatable bonds is 9. The zero-order valence-electron chi connectivity index (χ0n) is 15.8. The number of sulfone groups is 1. The number of ether oxygens (including phenoxy) is 2. The normalized spacial score (nSPS) is 12.4. The van der Waals surface area contributed by atoms with Crippen LogP contribution in [-0.2, 0) is 14.6 Å². The lowest BCUT2D eigenvalue weighted by molar-refractivity contribution is 0.0939. The van der Waals surface area contributed by atoms with Crippen LogP contribution in [0.2, 0.25) is 0 Å². The van der Waals surface area contributed by atoms with Crippen molar-refractivity contribution in [2.75, 3.05) is 26.1 Å². The van der Waals surface area contributed by atoms with Crippen molar-refractivity contribution >= 4 is 15.7 Å². The third kappa shape index (κ3) is 5.80. The van der Waals surface area contributed by atoms with E-state index in [1.54, 1.807) is 0 Å².